The fourth-order valence-corrected chi connectivity index (χ4v) is 1.80. The molecule has 0 saturated carbocycles. The Morgan fingerprint density at radius 1 is 1.05 bits per heavy atom. The van der Waals surface area contributed by atoms with E-state index in [0.717, 1.165) is 0 Å². The van der Waals surface area contributed by atoms with Crippen molar-refractivity contribution >= 4 is 23.3 Å². The number of esters is 1. The number of rotatable bonds is 4. The van der Waals surface area contributed by atoms with Gasteiger partial charge in [0, 0.05) is 6.92 Å². The van der Waals surface area contributed by atoms with E-state index in [1.54, 1.807) is 24.3 Å². The molecule has 1 heterocycles. The smallest absolute Gasteiger partial charge is 0.339 e. The van der Waals surface area contributed by atoms with Gasteiger partial charge in [-0.2, -0.15) is 0 Å². The number of Topliss-reactive ketones (excluding diaryl/α,β-unsaturated/α-hetero) is 1. The highest BCUT2D eigenvalue weighted by Crippen LogP contribution is 2.17. The molecule has 1 aromatic heterocycles. The average Bonchev–Trinajstić information content (AvgIpc) is 2.97. The highest BCUT2D eigenvalue weighted by molar-refractivity contribution is 6.07. The summed E-state index contributed by atoms with van der Waals surface area (Å²) in [5.41, 5.74) is 1.18. The van der Waals surface area contributed by atoms with Crippen LogP contribution in [-0.2, 0) is 4.74 Å². The van der Waals surface area contributed by atoms with E-state index in [-0.39, 0.29) is 17.0 Å². The monoisotopic (exact) mass is 286 g/mol. The number of para-hydroxylation sites is 1. The Hall–Kier alpha value is -2.89. The molecule has 0 aliphatic rings. The maximum Gasteiger partial charge on any atom is 0.339 e. The van der Waals surface area contributed by atoms with Crippen molar-refractivity contribution in [1.29, 1.82) is 0 Å². The van der Waals surface area contributed by atoms with Gasteiger partial charge in [0.1, 0.15) is 5.69 Å². The van der Waals surface area contributed by atoms with Crippen LogP contribution < -0.4 is 5.32 Å². The van der Waals surface area contributed by atoms with E-state index >= 15 is 0 Å². The number of ether oxygens (including phenoxy) is 1. The number of aromatic amines is 1. The first-order valence-corrected chi connectivity index (χ1v) is 6.21. The van der Waals surface area contributed by atoms with Gasteiger partial charge in [-0.15, -0.1) is 0 Å². The topological polar surface area (TPSA) is 88.3 Å². The largest absolute Gasteiger partial charge is 0.465 e. The highest BCUT2D eigenvalue weighted by atomic mass is 16.5. The van der Waals surface area contributed by atoms with E-state index in [0.29, 0.717) is 11.4 Å². The second-order valence-corrected chi connectivity index (χ2v) is 4.33. The summed E-state index contributed by atoms with van der Waals surface area (Å²) in [5.74, 6) is -1.15. The molecule has 0 bridgehead atoms. The predicted octanol–water partition coefficient (Wildman–Crippen LogP) is 2.26. The molecule has 0 unspecified atom stereocenters. The first-order chi connectivity index (χ1) is 10.0. The Labute approximate surface area is 121 Å². The fraction of sp³-hybridized carbons (Fsp3) is 0.133. The van der Waals surface area contributed by atoms with Crippen LogP contribution in [0.5, 0.6) is 0 Å². The number of nitrogens with one attached hydrogen (secondary N) is 2. The van der Waals surface area contributed by atoms with Crippen LogP contribution in [0, 0.1) is 0 Å². The molecular weight excluding hydrogens is 272 g/mol. The van der Waals surface area contributed by atoms with Crippen molar-refractivity contribution < 1.29 is 19.1 Å². The number of carbonyl (C=O) groups excluding carboxylic acids is 3. The molecule has 108 valence electrons. The third-order valence-electron chi connectivity index (χ3n) is 2.89. The molecule has 2 aromatic rings. The van der Waals surface area contributed by atoms with E-state index in [9.17, 15) is 14.4 Å². The Morgan fingerprint density at radius 3 is 2.33 bits per heavy atom. The number of amides is 1. The molecule has 6 heteroatoms. The molecule has 0 aliphatic carbocycles. The summed E-state index contributed by atoms with van der Waals surface area (Å²) >= 11 is 0. The van der Waals surface area contributed by atoms with E-state index < -0.39 is 11.9 Å². The molecule has 2 rings (SSSR count). The van der Waals surface area contributed by atoms with Gasteiger partial charge in [-0.05, 0) is 24.3 Å². The van der Waals surface area contributed by atoms with Crippen LogP contribution >= 0.6 is 0 Å². The minimum Gasteiger partial charge on any atom is -0.465 e. The van der Waals surface area contributed by atoms with Gasteiger partial charge in [0.2, 0.25) is 0 Å². The standard InChI is InChI=1S/C15H14N2O4/c1-9(18)11-7-8-13(16-11)14(19)17-12-6-4-3-5-10(12)15(20)21-2/h3-8,16H,1-2H3,(H,17,19). The zero-order chi connectivity index (χ0) is 15.4. The Morgan fingerprint density at radius 2 is 1.71 bits per heavy atom. The number of aromatic nitrogens is 1. The maximum absolute atomic E-state index is 12.1. The summed E-state index contributed by atoms with van der Waals surface area (Å²) in [7, 11) is 1.27. The van der Waals surface area contributed by atoms with Crippen molar-refractivity contribution in [2.24, 2.45) is 0 Å². The lowest BCUT2D eigenvalue weighted by atomic mass is 10.1. The third kappa shape index (κ3) is 3.17. The van der Waals surface area contributed by atoms with Gasteiger partial charge >= 0.3 is 5.97 Å². The fourth-order valence-electron chi connectivity index (χ4n) is 1.80. The van der Waals surface area contributed by atoms with Gasteiger partial charge in [0.15, 0.2) is 5.78 Å². The molecule has 1 amide bonds. The quantitative estimate of drug-likeness (QED) is 0.666. The second-order valence-electron chi connectivity index (χ2n) is 4.33. The molecule has 21 heavy (non-hydrogen) atoms. The number of methoxy groups -OCH3 is 1. The third-order valence-corrected chi connectivity index (χ3v) is 2.89. The van der Waals surface area contributed by atoms with Gasteiger partial charge in [-0.1, -0.05) is 12.1 Å². The minimum atomic E-state index is -0.540. The number of carbonyl (C=O) groups is 3. The normalized spacial score (nSPS) is 10.0. The summed E-state index contributed by atoms with van der Waals surface area (Å²) in [6.07, 6.45) is 0. The lowest BCUT2D eigenvalue weighted by Crippen LogP contribution is -2.16. The van der Waals surface area contributed by atoms with Gasteiger partial charge < -0.3 is 15.0 Å². The Kier molecular flexibility index (Phi) is 4.18. The molecule has 6 nitrogen and oxygen atoms in total. The molecule has 0 fully saturated rings. The maximum atomic E-state index is 12.1. The molecule has 0 spiro atoms. The number of hydrogen-bond acceptors (Lipinski definition) is 4. The van der Waals surface area contributed by atoms with Crippen molar-refractivity contribution in [1.82, 2.24) is 4.98 Å². The van der Waals surface area contributed by atoms with Gasteiger partial charge in [-0.3, -0.25) is 9.59 Å². The summed E-state index contributed by atoms with van der Waals surface area (Å²) in [4.78, 5) is 37.6. The van der Waals surface area contributed by atoms with E-state index in [2.05, 4.69) is 15.0 Å². The SMILES string of the molecule is COC(=O)c1ccccc1NC(=O)c1ccc(C(C)=O)[nH]1. The Balaban J connectivity index is 2.23. The molecule has 1 aromatic carbocycles. The van der Waals surface area contributed by atoms with Crippen LogP contribution in [0.3, 0.4) is 0 Å². The molecule has 0 aliphatic heterocycles. The first kappa shape index (κ1) is 14.5. The van der Waals surface area contributed by atoms with Gasteiger partial charge in [0.25, 0.3) is 5.91 Å². The van der Waals surface area contributed by atoms with Crippen LogP contribution in [-0.4, -0.2) is 29.8 Å². The number of hydrogen-bond donors (Lipinski definition) is 2. The lowest BCUT2D eigenvalue weighted by Gasteiger charge is -2.08. The molecule has 0 radical (unpaired) electrons. The number of anilines is 1. The molecule has 0 saturated heterocycles. The first-order valence-electron chi connectivity index (χ1n) is 6.21. The highest BCUT2D eigenvalue weighted by Gasteiger charge is 2.15. The van der Waals surface area contributed by atoms with Crippen molar-refractivity contribution in [2.45, 2.75) is 6.92 Å². The van der Waals surface area contributed by atoms with Crippen LogP contribution in [0.2, 0.25) is 0 Å². The van der Waals surface area contributed by atoms with Crippen LogP contribution in [0.1, 0.15) is 38.3 Å². The van der Waals surface area contributed by atoms with Crippen molar-refractivity contribution in [3.8, 4) is 0 Å². The summed E-state index contributed by atoms with van der Waals surface area (Å²) in [6.45, 7) is 1.40. The average molecular weight is 286 g/mol. The molecule has 0 atom stereocenters. The molecular formula is C15H14N2O4. The summed E-state index contributed by atoms with van der Waals surface area (Å²) in [6, 6.07) is 9.55. The number of ketones is 1. The second kappa shape index (κ2) is 6.04. The summed E-state index contributed by atoms with van der Waals surface area (Å²) < 4.78 is 4.66. The van der Waals surface area contributed by atoms with Crippen LogP contribution in [0.25, 0.3) is 0 Å². The summed E-state index contributed by atoms with van der Waals surface area (Å²) in [5, 5.41) is 2.61. The van der Waals surface area contributed by atoms with E-state index in [1.165, 1.54) is 26.2 Å². The minimum absolute atomic E-state index is 0.163. The van der Waals surface area contributed by atoms with Gasteiger partial charge in [0.05, 0.1) is 24.1 Å². The van der Waals surface area contributed by atoms with Crippen LogP contribution in [0.15, 0.2) is 36.4 Å². The van der Waals surface area contributed by atoms with Crippen molar-refractivity contribution in [3.05, 3.63) is 53.3 Å². The Bertz CT molecular complexity index is 703. The number of benzene rings is 1. The zero-order valence-electron chi connectivity index (χ0n) is 11.6. The predicted molar refractivity (Wildman–Crippen MR) is 76.5 cm³/mol. The lowest BCUT2D eigenvalue weighted by molar-refractivity contribution is 0.0602. The van der Waals surface area contributed by atoms with E-state index in [1.807, 2.05) is 0 Å². The zero-order valence-corrected chi connectivity index (χ0v) is 11.6. The van der Waals surface area contributed by atoms with Crippen LogP contribution in [0.4, 0.5) is 5.69 Å². The van der Waals surface area contributed by atoms with Gasteiger partial charge in [-0.25, -0.2) is 4.79 Å². The molecule has 2 N–H and O–H groups in total. The van der Waals surface area contributed by atoms with Crippen molar-refractivity contribution in [2.75, 3.05) is 12.4 Å². The van der Waals surface area contributed by atoms with E-state index in [4.69, 9.17) is 0 Å². The van der Waals surface area contributed by atoms with Crippen molar-refractivity contribution in [3.63, 3.8) is 0 Å². The number of H-pyrrole nitrogens is 1.